The van der Waals surface area contributed by atoms with Crippen LogP contribution in [0.15, 0.2) is 22.5 Å². The molecule has 2 aliphatic rings. The number of piperazine rings is 1. The summed E-state index contributed by atoms with van der Waals surface area (Å²) >= 11 is 1.80. The summed E-state index contributed by atoms with van der Waals surface area (Å²) < 4.78 is 0. The van der Waals surface area contributed by atoms with Crippen LogP contribution in [0.25, 0.3) is 0 Å². The highest BCUT2D eigenvalue weighted by molar-refractivity contribution is 7.14. The smallest absolute Gasteiger partial charge is 0.193 e. The lowest BCUT2D eigenvalue weighted by atomic mass is 9.85. The van der Waals surface area contributed by atoms with Crippen molar-refractivity contribution in [1.29, 1.82) is 0 Å². The first-order chi connectivity index (χ1) is 11.2. The van der Waals surface area contributed by atoms with Gasteiger partial charge in [-0.25, -0.2) is 0 Å². The number of aliphatic hydroxyl groups is 1. The number of guanidine groups is 1. The van der Waals surface area contributed by atoms with E-state index >= 15 is 0 Å². The molecule has 0 aromatic carbocycles. The molecular formula is C17H28N4OS. The number of nitrogens with one attached hydrogen (secondary N) is 1. The van der Waals surface area contributed by atoms with Crippen LogP contribution in [0.1, 0.15) is 32.1 Å². The number of rotatable bonds is 3. The Morgan fingerprint density at radius 3 is 2.61 bits per heavy atom. The van der Waals surface area contributed by atoms with Crippen molar-refractivity contribution in [3.8, 4) is 0 Å². The Balaban J connectivity index is 1.49. The van der Waals surface area contributed by atoms with Gasteiger partial charge in [-0.1, -0.05) is 19.3 Å². The Morgan fingerprint density at radius 2 is 2.00 bits per heavy atom. The van der Waals surface area contributed by atoms with Gasteiger partial charge >= 0.3 is 0 Å². The van der Waals surface area contributed by atoms with E-state index in [2.05, 4.69) is 37.6 Å². The van der Waals surface area contributed by atoms with Crippen molar-refractivity contribution < 1.29 is 5.11 Å². The molecule has 3 rings (SSSR count). The van der Waals surface area contributed by atoms with Crippen molar-refractivity contribution in [3.05, 3.63) is 17.5 Å². The molecule has 0 radical (unpaired) electrons. The summed E-state index contributed by atoms with van der Waals surface area (Å²) in [4.78, 5) is 9.15. The zero-order valence-corrected chi connectivity index (χ0v) is 14.8. The van der Waals surface area contributed by atoms with Crippen LogP contribution >= 0.6 is 11.3 Å². The number of thiophene rings is 1. The zero-order valence-electron chi connectivity index (χ0n) is 14.0. The van der Waals surface area contributed by atoms with Crippen LogP contribution in [0.5, 0.6) is 0 Å². The van der Waals surface area contributed by atoms with Crippen LogP contribution in [-0.2, 0) is 0 Å². The second kappa shape index (κ2) is 7.53. The van der Waals surface area contributed by atoms with Gasteiger partial charge in [-0.15, -0.1) is 11.3 Å². The molecule has 2 heterocycles. The van der Waals surface area contributed by atoms with Crippen LogP contribution in [-0.4, -0.2) is 61.3 Å². The number of hydrogen-bond acceptors (Lipinski definition) is 4. The highest BCUT2D eigenvalue weighted by Gasteiger charge is 2.30. The molecular weight excluding hydrogens is 308 g/mol. The molecule has 2 fully saturated rings. The molecule has 6 heteroatoms. The normalized spacial score (nSPS) is 22.3. The summed E-state index contributed by atoms with van der Waals surface area (Å²) in [5, 5.41) is 17.5. The molecule has 0 unspecified atom stereocenters. The SMILES string of the molecule is CN=C(NCC1(O)CCCCC1)N1CCN(c2cccs2)CC1. The van der Waals surface area contributed by atoms with Gasteiger partial charge in [0.2, 0.25) is 0 Å². The molecule has 5 nitrogen and oxygen atoms in total. The van der Waals surface area contributed by atoms with E-state index in [1.807, 2.05) is 7.05 Å². The molecule has 128 valence electrons. The maximum atomic E-state index is 10.6. The van der Waals surface area contributed by atoms with Crippen LogP contribution in [0.3, 0.4) is 0 Å². The lowest BCUT2D eigenvalue weighted by molar-refractivity contribution is 0.00810. The number of nitrogens with zero attached hydrogens (tertiary/aromatic N) is 3. The summed E-state index contributed by atoms with van der Waals surface area (Å²) in [6.07, 6.45) is 5.33. The fourth-order valence-corrected chi connectivity index (χ4v) is 4.34. The molecule has 0 spiro atoms. The first-order valence-corrected chi connectivity index (χ1v) is 9.55. The maximum Gasteiger partial charge on any atom is 0.193 e. The highest BCUT2D eigenvalue weighted by atomic mass is 32.1. The molecule has 1 aromatic heterocycles. The van der Waals surface area contributed by atoms with Crippen LogP contribution in [0, 0.1) is 0 Å². The molecule has 1 aliphatic heterocycles. The van der Waals surface area contributed by atoms with Crippen LogP contribution in [0.4, 0.5) is 5.00 Å². The average Bonchev–Trinajstić information content (AvgIpc) is 3.11. The quantitative estimate of drug-likeness (QED) is 0.656. The van der Waals surface area contributed by atoms with Crippen molar-refractivity contribution in [2.75, 3.05) is 44.7 Å². The third kappa shape index (κ3) is 4.18. The Hall–Kier alpha value is -1.27. The fraction of sp³-hybridized carbons (Fsp3) is 0.706. The number of anilines is 1. The number of aliphatic imine (C=N–C) groups is 1. The standard InChI is InChI=1S/C17H28N4OS/c1-18-16(19-14-17(22)7-3-2-4-8-17)21-11-9-20(10-12-21)15-6-5-13-23-15/h5-6,13,22H,2-4,7-12,14H2,1H3,(H,18,19). The summed E-state index contributed by atoms with van der Waals surface area (Å²) in [7, 11) is 1.83. The van der Waals surface area contributed by atoms with E-state index in [1.54, 1.807) is 11.3 Å². The molecule has 1 saturated carbocycles. The third-order valence-electron chi connectivity index (χ3n) is 4.97. The average molecular weight is 337 g/mol. The van der Waals surface area contributed by atoms with Crippen molar-refractivity contribution in [2.24, 2.45) is 4.99 Å². The molecule has 1 saturated heterocycles. The minimum absolute atomic E-state index is 0.549. The highest BCUT2D eigenvalue weighted by Crippen LogP contribution is 2.27. The van der Waals surface area contributed by atoms with Gasteiger partial charge in [-0.05, 0) is 30.4 Å². The van der Waals surface area contributed by atoms with Gasteiger partial charge in [0.05, 0.1) is 10.6 Å². The number of hydrogen-bond donors (Lipinski definition) is 2. The Bertz CT molecular complexity index is 503. The monoisotopic (exact) mass is 336 g/mol. The maximum absolute atomic E-state index is 10.6. The van der Waals surface area contributed by atoms with Crippen LogP contribution in [0.2, 0.25) is 0 Å². The predicted octanol–water partition coefficient (Wildman–Crippen LogP) is 2.14. The predicted molar refractivity (Wildman–Crippen MR) is 97.5 cm³/mol. The van der Waals surface area contributed by atoms with Crippen molar-refractivity contribution in [1.82, 2.24) is 10.2 Å². The van der Waals surface area contributed by atoms with Crippen molar-refractivity contribution >= 4 is 22.3 Å². The summed E-state index contributed by atoms with van der Waals surface area (Å²) in [5.74, 6) is 0.926. The van der Waals surface area contributed by atoms with Gasteiger partial charge < -0.3 is 20.2 Å². The lowest BCUT2D eigenvalue weighted by Gasteiger charge is -2.38. The summed E-state index contributed by atoms with van der Waals surface area (Å²) in [5.41, 5.74) is -0.549. The van der Waals surface area contributed by atoms with Gasteiger partial charge in [0.25, 0.3) is 0 Å². The summed E-state index contributed by atoms with van der Waals surface area (Å²) in [6, 6.07) is 4.30. The van der Waals surface area contributed by atoms with Crippen molar-refractivity contribution in [2.45, 2.75) is 37.7 Å². The van der Waals surface area contributed by atoms with Gasteiger partial charge in [0.1, 0.15) is 0 Å². The molecule has 1 aromatic rings. The Kier molecular flexibility index (Phi) is 5.43. The largest absolute Gasteiger partial charge is 0.388 e. The Labute approximate surface area is 143 Å². The zero-order chi connectivity index (χ0) is 16.1. The lowest BCUT2D eigenvalue weighted by Crippen LogP contribution is -2.55. The topological polar surface area (TPSA) is 51.1 Å². The van der Waals surface area contributed by atoms with E-state index in [0.717, 1.165) is 57.8 Å². The van der Waals surface area contributed by atoms with E-state index < -0.39 is 5.60 Å². The molecule has 23 heavy (non-hydrogen) atoms. The molecule has 0 amide bonds. The van der Waals surface area contributed by atoms with Gasteiger partial charge in [-0.2, -0.15) is 0 Å². The fourth-order valence-electron chi connectivity index (χ4n) is 3.55. The van der Waals surface area contributed by atoms with Crippen LogP contribution < -0.4 is 10.2 Å². The van der Waals surface area contributed by atoms with Crippen molar-refractivity contribution in [3.63, 3.8) is 0 Å². The first-order valence-electron chi connectivity index (χ1n) is 8.67. The van der Waals surface area contributed by atoms with E-state index in [9.17, 15) is 5.11 Å². The molecule has 2 N–H and O–H groups in total. The van der Waals surface area contributed by atoms with E-state index in [0.29, 0.717) is 6.54 Å². The first kappa shape index (κ1) is 16.6. The second-order valence-corrected chi connectivity index (χ2v) is 7.54. The van der Waals surface area contributed by atoms with E-state index in [-0.39, 0.29) is 0 Å². The van der Waals surface area contributed by atoms with Gasteiger partial charge in [0.15, 0.2) is 5.96 Å². The molecule has 0 atom stereocenters. The van der Waals surface area contributed by atoms with E-state index in [4.69, 9.17) is 0 Å². The van der Waals surface area contributed by atoms with Gasteiger partial charge in [-0.3, -0.25) is 4.99 Å². The second-order valence-electron chi connectivity index (χ2n) is 6.61. The molecule has 0 bridgehead atoms. The van der Waals surface area contributed by atoms with Gasteiger partial charge in [0, 0.05) is 39.8 Å². The minimum atomic E-state index is -0.549. The molecule has 1 aliphatic carbocycles. The minimum Gasteiger partial charge on any atom is -0.388 e. The Morgan fingerprint density at radius 1 is 1.26 bits per heavy atom. The summed E-state index contributed by atoms with van der Waals surface area (Å²) in [6.45, 7) is 4.59. The van der Waals surface area contributed by atoms with E-state index in [1.165, 1.54) is 11.4 Å². The third-order valence-corrected chi connectivity index (χ3v) is 5.90.